The van der Waals surface area contributed by atoms with E-state index in [1.165, 1.54) is 5.69 Å². The first kappa shape index (κ1) is 14.1. The van der Waals surface area contributed by atoms with Gasteiger partial charge in [0, 0.05) is 38.2 Å². The highest BCUT2D eigenvalue weighted by atomic mass is 15.1. The SMILES string of the molecule is CN(C)c1ccc(C=NCCNc2ccccc2)cc1. The summed E-state index contributed by atoms with van der Waals surface area (Å²) in [6, 6.07) is 18.6. The highest BCUT2D eigenvalue weighted by Gasteiger charge is 1.93. The summed E-state index contributed by atoms with van der Waals surface area (Å²) in [6.07, 6.45) is 1.92. The molecule has 104 valence electrons. The lowest BCUT2D eigenvalue weighted by Crippen LogP contribution is -2.08. The van der Waals surface area contributed by atoms with E-state index in [1.807, 2.05) is 38.5 Å². The molecule has 0 atom stereocenters. The Kier molecular flexibility index (Phi) is 5.18. The molecule has 0 fully saturated rings. The fraction of sp³-hybridized carbons (Fsp3) is 0.235. The van der Waals surface area contributed by atoms with Crippen LogP contribution in [0, 0.1) is 0 Å². The van der Waals surface area contributed by atoms with Crippen LogP contribution >= 0.6 is 0 Å². The molecule has 20 heavy (non-hydrogen) atoms. The normalized spacial score (nSPS) is 10.7. The Morgan fingerprint density at radius 3 is 2.35 bits per heavy atom. The molecule has 0 radical (unpaired) electrons. The van der Waals surface area contributed by atoms with E-state index in [4.69, 9.17) is 0 Å². The maximum absolute atomic E-state index is 4.43. The molecule has 3 heteroatoms. The fourth-order valence-electron chi connectivity index (χ4n) is 1.85. The van der Waals surface area contributed by atoms with Crippen molar-refractivity contribution in [1.82, 2.24) is 0 Å². The number of hydrogen-bond donors (Lipinski definition) is 1. The van der Waals surface area contributed by atoms with E-state index in [0.717, 1.165) is 24.3 Å². The van der Waals surface area contributed by atoms with Gasteiger partial charge in [0.15, 0.2) is 0 Å². The number of aliphatic imine (C=N–C) groups is 1. The Morgan fingerprint density at radius 2 is 1.70 bits per heavy atom. The smallest absolute Gasteiger partial charge is 0.0562 e. The minimum atomic E-state index is 0.768. The number of hydrogen-bond acceptors (Lipinski definition) is 3. The second-order valence-electron chi connectivity index (χ2n) is 4.81. The molecule has 0 aromatic heterocycles. The van der Waals surface area contributed by atoms with Gasteiger partial charge in [0.2, 0.25) is 0 Å². The maximum Gasteiger partial charge on any atom is 0.0562 e. The van der Waals surface area contributed by atoms with Crippen molar-refractivity contribution in [2.24, 2.45) is 4.99 Å². The van der Waals surface area contributed by atoms with Crippen LogP contribution in [-0.2, 0) is 0 Å². The van der Waals surface area contributed by atoms with Gasteiger partial charge in [-0.15, -0.1) is 0 Å². The zero-order chi connectivity index (χ0) is 14.2. The van der Waals surface area contributed by atoms with Crippen LogP contribution in [0.1, 0.15) is 5.56 Å². The van der Waals surface area contributed by atoms with E-state index in [2.05, 4.69) is 51.6 Å². The van der Waals surface area contributed by atoms with E-state index in [-0.39, 0.29) is 0 Å². The minimum Gasteiger partial charge on any atom is -0.383 e. The van der Waals surface area contributed by atoms with Gasteiger partial charge in [-0.3, -0.25) is 4.99 Å². The van der Waals surface area contributed by atoms with E-state index in [0.29, 0.717) is 0 Å². The van der Waals surface area contributed by atoms with Gasteiger partial charge in [-0.25, -0.2) is 0 Å². The second kappa shape index (κ2) is 7.34. The average Bonchev–Trinajstić information content (AvgIpc) is 2.48. The molecule has 0 saturated carbocycles. The summed E-state index contributed by atoms with van der Waals surface area (Å²) in [5.74, 6) is 0. The zero-order valence-corrected chi connectivity index (χ0v) is 12.1. The zero-order valence-electron chi connectivity index (χ0n) is 12.1. The Labute approximate surface area is 121 Å². The fourth-order valence-corrected chi connectivity index (χ4v) is 1.85. The van der Waals surface area contributed by atoms with Crippen molar-refractivity contribution in [3.8, 4) is 0 Å². The van der Waals surface area contributed by atoms with Crippen molar-refractivity contribution < 1.29 is 0 Å². The molecule has 3 nitrogen and oxygen atoms in total. The third kappa shape index (κ3) is 4.43. The first-order chi connectivity index (χ1) is 9.75. The quantitative estimate of drug-likeness (QED) is 0.642. The van der Waals surface area contributed by atoms with Crippen molar-refractivity contribution in [3.63, 3.8) is 0 Å². The van der Waals surface area contributed by atoms with Crippen molar-refractivity contribution >= 4 is 17.6 Å². The number of benzene rings is 2. The van der Waals surface area contributed by atoms with Gasteiger partial charge in [-0.1, -0.05) is 30.3 Å². The lowest BCUT2D eigenvalue weighted by Gasteiger charge is -2.11. The van der Waals surface area contributed by atoms with Crippen molar-refractivity contribution in [2.45, 2.75) is 0 Å². The number of nitrogens with one attached hydrogen (secondary N) is 1. The van der Waals surface area contributed by atoms with Crippen LogP contribution in [0.15, 0.2) is 59.6 Å². The molecule has 1 N–H and O–H groups in total. The predicted octanol–water partition coefficient (Wildman–Crippen LogP) is 3.28. The van der Waals surface area contributed by atoms with Crippen LogP contribution in [0.5, 0.6) is 0 Å². The first-order valence-corrected chi connectivity index (χ1v) is 6.82. The van der Waals surface area contributed by atoms with Gasteiger partial charge in [0.1, 0.15) is 0 Å². The summed E-state index contributed by atoms with van der Waals surface area (Å²) in [5, 5.41) is 3.33. The van der Waals surface area contributed by atoms with Crippen molar-refractivity contribution in [2.75, 3.05) is 37.4 Å². The molecule has 0 aliphatic rings. The Hall–Kier alpha value is -2.29. The van der Waals surface area contributed by atoms with Gasteiger partial charge in [-0.05, 0) is 29.8 Å². The van der Waals surface area contributed by atoms with E-state index >= 15 is 0 Å². The van der Waals surface area contributed by atoms with Crippen LogP contribution in [0.25, 0.3) is 0 Å². The van der Waals surface area contributed by atoms with Crippen LogP contribution < -0.4 is 10.2 Å². The summed E-state index contributed by atoms with van der Waals surface area (Å²) < 4.78 is 0. The average molecular weight is 267 g/mol. The lowest BCUT2D eigenvalue weighted by molar-refractivity contribution is 1.03. The topological polar surface area (TPSA) is 27.6 Å². The molecule has 0 spiro atoms. The van der Waals surface area contributed by atoms with Crippen LogP contribution in [0.2, 0.25) is 0 Å². The van der Waals surface area contributed by atoms with E-state index in [9.17, 15) is 0 Å². The number of para-hydroxylation sites is 1. The predicted molar refractivity (Wildman–Crippen MR) is 88.2 cm³/mol. The van der Waals surface area contributed by atoms with Crippen LogP contribution in [0.3, 0.4) is 0 Å². The first-order valence-electron chi connectivity index (χ1n) is 6.82. The highest BCUT2D eigenvalue weighted by Crippen LogP contribution is 2.10. The third-order valence-electron chi connectivity index (χ3n) is 2.99. The lowest BCUT2D eigenvalue weighted by atomic mass is 10.2. The molecular weight excluding hydrogens is 246 g/mol. The summed E-state index contributed by atoms with van der Waals surface area (Å²) in [5.41, 5.74) is 3.47. The Bertz CT molecular complexity index is 530. The van der Waals surface area contributed by atoms with E-state index < -0.39 is 0 Å². The molecule has 0 saturated heterocycles. The summed E-state index contributed by atoms with van der Waals surface area (Å²) in [7, 11) is 4.08. The van der Waals surface area contributed by atoms with Crippen LogP contribution in [-0.4, -0.2) is 33.4 Å². The van der Waals surface area contributed by atoms with Gasteiger partial charge >= 0.3 is 0 Å². The standard InChI is InChI=1S/C17H21N3/c1-20(2)17-10-8-15(9-11-17)14-18-12-13-19-16-6-4-3-5-7-16/h3-11,14,19H,12-13H2,1-2H3. The van der Waals surface area contributed by atoms with Crippen molar-refractivity contribution in [3.05, 3.63) is 60.2 Å². The number of nitrogens with zero attached hydrogens (tertiary/aromatic N) is 2. The Balaban J connectivity index is 1.76. The molecule has 0 heterocycles. The summed E-state index contributed by atoms with van der Waals surface area (Å²) in [6.45, 7) is 1.61. The highest BCUT2D eigenvalue weighted by molar-refractivity contribution is 5.80. The number of rotatable bonds is 6. The molecule has 0 amide bonds. The molecule has 0 bridgehead atoms. The number of anilines is 2. The maximum atomic E-state index is 4.43. The van der Waals surface area contributed by atoms with Crippen molar-refractivity contribution in [1.29, 1.82) is 0 Å². The largest absolute Gasteiger partial charge is 0.383 e. The monoisotopic (exact) mass is 267 g/mol. The molecular formula is C17H21N3. The molecule has 2 aromatic rings. The molecule has 0 unspecified atom stereocenters. The van der Waals surface area contributed by atoms with E-state index in [1.54, 1.807) is 0 Å². The van der Waals surface area contributed by atoms with Gasteiger partial charge < -0.3 is 10.2 Å². The Morgan fingerprint density at radius 1 is 1.00 bits per heavy atom. The molecule has 0 aliphatic heterocycles. The second-order valence-corrected chi connectivity index (χ2v) is 4.81. The molecule has 0 aliphatic carbocycles. The third-order valence-corrected chi connectivity index (χ3v) is 2.99. The van der Waals surface area contributed by atoms with Crippen LogP contribution in [0.4, 0.5) is 11.4 Å². The summed E-state index contributed by atoms with van der Waals surface area (Å²) >= 11 is 0. The summed E-state index contributed by atoms with van der Waals surface area (Å²) in [4.78, 5) is 6.52. The van der Waals surface area contributed by atoms with Gasteiger partial charge in [-0.2, -0.15) is 0 Å². The molecule has 2 rings (SSSR count). The minimum absolute atomic E-state index is 0.768. The van der Waals surface area contributed by atoms with Gasteiger partial charge in [0.05, 0.1) is 6.54 Å². The van der Waals surface area contributed by atoms with Gasteiger partial charge in [0.25, 0.3) is 0 Å². The molecule has 2 aromatic carbocycles.